The minimum absolute atomic E-state index is 0.0634. The van der Waals surface area contributed by atoms with Crippen LogP contribution >= 0.6 is 0 Å². The van der Waals surface area contributed by atoms with Gasteiger partial charge in [0, 0.05) is 6.61 Å². The zero-order valence-electron chi connectivity index (χ0n) is 7.66. The molecule has 0 heterocycles. The number of rotatable bonds is 3. The third-order valence-corrected chi connectivity index (χ3v) is 3.12. The summed E-state index contributed by atoms with van der Waals surface area (Å²) in [6.07, 6.45) is 2.22. The average molecular weight is 170 g/mol. The van der Waals surface area contributed by atoms with E-state index in [1.54, 1.807) is 0 Å². The Morgan fingerprint density at radius 2 is 2.08 bits per heavy atom. The molecule has 1 fully saturated rings. The molecule has 0 unspecified atom stereocenters. The van der Waals surface area contributed by atoms with Gasteiger partial charge in [-0.1, -0.05) is 13.5 Å². The molecular formula is C10H18O2. The Morgan fingerprint density at radius 3 is 2.58 bits per heavy atom. The Balaban J connectivity index is 2.60. The molecule has 12 heavy (non-hydrogen) atoms. The predicted octanol–water partition coefficient (Wildman–Crippen LogP) is 1.19. The van der Waals surface area contributed by atoms with Crippen molar-refractivity contribution in [2.75, 3.05) is 13.2 Å². The molecule has 2 heteroatoms. The van der Waals surface area contributed by atoms with Crippen molar-refractivity contribution in [2.45, 2.75) is 19.8 Å². The van der Waals surface area contributed by atoms with Gasteiger partial charge in [0.25, 0.3) is 0 Å². The van der Waals surface area contributed by atoms with Crippen molar-refractivity contribution >= 4 is 0 Å². The van der Waals surface area contributed by atoms with Crippen LogP contribution in [0.4, 0.5) is 0 Å². The summed E-state index contributed by atoms with van der Waals surface area (Å²) in [5, 5.41) is 18.0. The zero-order chi connectivity index (χ0) is 9.14. The van der Waals surface area contributed by atoms with Crippen molar-refractivity contribution in [3.63, 3.8) is 0 Å². The molecule has 0 aromatic rings. The average Bonchev–Trinajstić information content (AvgIpc) is 2.45. The molecule has 0 aliphatic heterocycles. The highest BCUT2D eigenvalue weighted by atomic mass is 16.3. The van der Waals surface area contributed by atoms with Gasteiger partial charge in [-0.3, -0.25) is 0 Å². The third-order valence-electron chi connectivity index (χ3n) is 3.12. The molecule has 1 rings (SSSR count). The van der Waals surface area contributed by atoms with E-state index in [0.717, 1.165) is 18.4 Å². The normalized spacial score (nSPS) is 35.4. The van der Waals surface area contributed by atoms with Crippen LogP contribution in [0, 0.1) is 17.8 Å². The van der Waals surface area contributed by atoms with Crippen LogP contribution in [0.25, 0.3) is 0 Å². The molecule has 3 atom stereocenters. The molecule has 0 bridgehead atoms. The lowest BCUT2D eigenvalue weighted by Gasteiger charge is -2.21. The van der Waals surface area contributed by atoms with Crippen LogP contribution in [0.2, 0.25) is 0 Å². The summed E-state index contributed by atoms with van der Waals surface area (Å²) in [7, 11) is 0. The van der Waals surface area contributed by atoms with Gasteiger partial charge in [0.2, 0.25) is 0 Å². The van der Waals surface area contributed by atoms with E-state index in [1.807, 2.05) is 0 Å². The quantitative estimate of drug-likeness (QED) is 0.625. The van der Waals surface area contributed by atoms with Crippen molar-refractivity contribution in [3.05, 3.63) is 12.2 Å². The first-order chi connectivity index (χ1) is 5.70. The zero-order valence-corrected chi connectivity index (χ0v) is 7.66. The van der Waals surface area contributed by atoms with Gasteiger partial charge < -0.3 is 10.2 Å². The summed E-state index contributed by atoms with van der Waals surface area (Å²) >= 11 is 0. The lowest BCUT2D eigenvalue weighted by Crippen LogP contribution is -2.19. The van der Waals surface area contributed by atoms with Gasteiger partial charge in [-0.25, -0.2) is 0 Å². The lowest BCUT2D eigenvalue weighted by molar-refractivity contribution is 0.171. The van der Waals surface area contributed by atoms with Gasteiger partial charge in [-0.15, -0.1) is 0 Å². The smallest absolute Gasteiger partial charge is 0.0641 e. The highest BCUT2D eigenvalue weighted by molar-refractivity contribution is 5.06. The Morgan fingerprint density at radius 1 is 1.42 bits per heavy atom. The van der Waals surface area contributed by atoms with Crippen LogP contribution in [0.1, 0.15) is 19.8 Å². The van der Waals surface area contributed by atoms with E-state index in [-0.39, 0.29) is 13.2 Å². The molecule has 70 valence electrons. The maximum Gasteiger partial charge on any atom is 0.0641 e. The van der Waals surface area contributed by atoms with E-state index in [9.17, 15) is 0 Å². The summed E-state index contributed by atoms with van der Waals surface area (Å²) in [5.74, 6) is 1.24. The lowest BCUT2D eigenvalue weighted by atomic mass is 9.87. The van der Waals surface area contributed by atoms with Crippen molar-refractivity contribution in [1.82, 2.24) is 0 Å². The molecule has 0 saturated heterocycles. The number of hydrogen-bond donors (Lipinski definition) is 2. The van der Waals surface area contributed by atoms with Crippen molar-refractivity contribution in [3.8, 4) is 0 Å². The second kappa shape index (κ2) is 4.06. The number of aliphatic hydroxyl groups is 2. The summed E-state index contributed by atoms with van der Waals surface area (Å²) in [6, 6.07) is 0. The first-order valence-electron chi connectivity index (χ1n) is 4.60. The summed E-state index contributed by atoms with van der Waals surface area (Å²) < 4.78 is 0. The van der Waals surface area contributed by atoms with Gasteiger partial charge in [-0.2, -0.15) is 0 Å². The third kappa shape index (κ3) is 1.70. The number of aliphatic hydroxyl groups excluding tert-OH is 2. The van der Waals surface area contributed by atoms with Crippen LogP contribution in [0.15, 0.2) is 12.2 Å². The maximum atomic E-state index is 9.13. The molecule has 0 radical (unpaired) electrons. The van der Waals surface area contributed by atoms with E-state index >= 15 is 0 Å². The van der Waals surface area contributed by atoms with Crippen LogP contribution in [-0.4, -0.2) is 23.4 Å². The molecule has 2 nitrogen and oxygen atoms in total. The van der Waals surface area contributed by atoms with E-state index in [1.165, 1.54) is 0 Å². The van der Waals surface area contributed by atoms with E-state index < -0.39 is 0 Å². The fourth-order valence-corrected chi connectivity index (χ4v) is 2.20. The van der Waals surface area contributed by atoms with Crippen LogP contribution in [0.3, 0.4) is 0 Å². The fourth-order valence-electron chi connectivity index (χ4n) is 2.20. The van der Waals surface area contributed by atoms with Gasteiger partial charge in [0.15, 0.2) is 0 Å². The van der Waals surface area contributed by atoms with Gasteiger partial charge >= 0.3 is 0 Å². The predicted molar refractivity (Wildman–Crippen MR) is 48.7 cm³/mol. The Hall–Kier alpha value is -0.340. The first-order valence-corrected chi connectivity index (χ1v) is 4.60. The second-order valence-electron chi connectivity index (χ2n) is 3.82. The van der Waals surface area contributed by atoms with Gasteiger partial charge in [0.1, 0.15) is 0 Å². The summed E-state index contributed by atoms with van der Waals surface area (Å²) in [4.78, 5) is 0. The SMILES string of the molecule is C=C(CO)[C@H]1CC[C@H](C)[C@H]1CO. The minimum Gasteiger partial charge on any atom is -0.396 e. The standard InChI is InChI=1S/C10H18O2/c1-7-3-4-9(8(2)5-11)10(7)6-12/h7,9-12H,2-6H2,1H3/t7-,9+,10+/m0/s1. The molecule has 0 amide bonds. The van der Waals surface area contributed by atoms with E-state index in [2.05, 4.69) is 13.5 Å². The summed E-state index contributed by atoms with van der Waals surface area (Å²) in [5.41, 5.74) is 0.887. The molecule has 0 aromatic carbocycles. The number of hydrogen-bond acceptors (Lipinski definition) is 2. The molecule has 1 aliphatic rings. The highest BCUT2D eigenvalue weighted by Gasteiger charge is 2.33. The molecule has 1 aliphatic carbocycles. The minimum atomic E-state index is 0.0634. The van der Waals surface area contributed by atoms with Crippen LogP contribution < -0.4 is 0 Å². The highest BCUT2D eigenvalue weighted by Crippen LogP contribution is 2.39. The monoisotopic (exact) mass is 170 g/mol. The van der Waals surface area contributed by atoms with Crippen molar-refractivity contribution < 1.29 is 10.2 Å². The topological polar surface area (TPSA) is 40.5 Å². The molecule has 0 aromatic heterocycles. The van der Waals surface area contributed by atoms with Gasteiger partial charge in [0.05, 0.1) is 6.61 Å². The summed E-state index contributed by atoms with van der Waals surface area (Å²) in [6.45, 7) is 6.28. The van der Waals surface area contributed by atoms with E-state index in [0.29, 0.717) is 17.8 Å². The molecule has 2 N–H and O–H groups in total. The fraction of sp³-hybridized carbons (Fsp3) is 0.800. The molecule has 0 spiro atoms. The maximum absolute atomic E-state index is 9.13. The Kier molecular flexibility index (Phi) is 3.29. The van der Waals surface area contributed by atoms with Crippen molar-refractivity contribution in [1.29, 1.82) is 0 Å². The second-order valence-corrected chi connectivity index (χ2v) is 3.82. The van der Waals surface area contributed by atoms with Crippen molar-refractivity contribution in [2.24, 2.45) is 17.8 Å². The van der Waals surface area contributed by atoms with Gasteiger partial charge in [-0.05, 0) is 36.2 Å². The van der Waals surface area contributed by atoms with Crippen LogP contribution in [0.5, 0.6) is 0 Å². The van der Waals surface area contributed by atoms with Crippen LogP contribution in [-0.2, 0) is 0 Å². The molecular weight excluding hydrogens is 152 g/mol. The first kappa shape index (κ1) is 9.75. The molecule has 1 saturated carbocycles. The van der Waals surface area contributed by atoms with E-state index in [4.69, 9.17) is 10.2 Å². The largest absolute Gasteiger partial charge is 0.396 e. The Labute approximate surface area is 73.9 Å². The Bertz CT molecular complexity index is 165.